The van der Waals surface area contributed by atoms with Gasteiger partial charge in [-0.25, -0.2) is 0 Å². The van der Waals surface area contributed by atoms with Crippen LogP contribution in [0.4, 0.5) is 0 Å². The Bertz CT molecular complexity index is 677. The Balaban J connectivity index is 1.96. The van der Waals surface area contributed by atoms with Crippen LogP contribution in [-0.2, 0) is 11.3 Å². The van der Waals surface area contributed by atoms with Gasteiger partial charge in [0.2, 0.25) is 0 Å². The number of hydrogen-bond acceptors (Lipinski definition) is 3. The van der Waals surface area contributed by atoms with E-state index < -0.39 is 0 Å². The number of ether oxygens (including phenoxy) is 2. The molecule has 0 atom stereocenters. The first kappa shape index (κ1) is 17.6. The molecule has 2 aromatic rings. The Labute approximate surface area is 145 Å². The minimum Gasteiger partial charge on any atom is -0.489 e. The van der Waals surface area contributed by atoms with Crippen LogP contribution >= 0.6 is 23.2 Å². The normalized spacial score (nSPS) is 10.4. The molecule has 0 aliphatic carbocycles. The molecule has 0 heterocycles. The van der Waals surface area contributed by atoms with Crippen molar-refractivity contribution in [1.82, 2.24) is 5.32 Å². The van der Waals surface area contributed by atoms with Crippen LogP contribution in [0.15, 0.2) is 42.5 Å². The molecule has 1 amide bonds. The van der Waals surface area contributed by atoms with E-state index in [2.05, 4.69) is 5.32 Å². The minimum atomic E-state index is -0.165. The molecule has 122 valence electrons. The number of halogens is 2. The van der Waals surface area contributed by atoms with Crippen molar-refractivity contribution in [3.63, 3.8) is 0 Å². The zero-order valence-corrected chi connectivity index (χ0v) is 14.2. The molecular formula is C17H17Cl2NO3. The fraction of sp³-hybridized carbons (Fsp3) is 0.235. The molecule has 0 saturated heterocycles. The standard InChI is InChI=1S/C17H17Cl2NO3/c1-22-8-7-20-17(21)13-3-2-4-14(10-13)23-11-12-5-6-15(18)16(19)9-12/h2-6,9-10H,7-8,11H2,1H3,(H,20,21). The molecule has 0 aliphatic heterocycles. The van der Waals surface area contributed by atoms with Crippen LogP contribution in [-0.4, -0.2) is 26.2 Å². The van der Waals surface area contributed by atoms with Crippen molar-refractivity contribution in [3.05, 3.63) is 63.6 Å². The first-order valence-electron chi connectivity index (χ1n) is 7.04. The van der Waals surface area contributed by atoms with Crippen LogP contribution in [0.2, 0.25) is 10.0 Å². The van der Waals surface area contributed by atoms with Gasteiger partial charge in [0.05, 0.1) is 16.7 Å². The second kappa shape index (κ2) is 8.77. The summed E-state index contributed by atoms with van der Waals surface area (Å²) in [5.74, 6) is 0.442. The zero-order chi connectivity index (χ0) is 16.7. The maximum absolute atomic E-state index is 12.0. The third-order valence-corrected chi connectivity index (χ3v) is 3.82. The first-order chi connectivity index (χ1) is 11.1. The van der Waals surface area contributed by atoms with E-state index in [4.69, 9.17) is 32.7 Å². The lowest BCUT2D eigenvalue weighted by Gasteiger charge is -2.09. The Morgan fingerprint density at radius 3 is 2.70 bits per heavy atom. The molecule has 1 N–H and O–H groups in total. The summed E-state index contributed by atoms with van der Waals surface area (Å²) in [6.45, 7) is 1.27. The molecule has 0 radical (unpaired) electrons. The Hall–Kier alpha value is -1.75. The fourth-order valence-corrected chi connectivity index (χ4v) is 2.21. The quantitative estimate of drug-likeness (QED) is 0.766. The summed E-state index contributed by atoms with van der Waals surface area (Å²) in [6.07, 6.45) is 0. The van der Waals surface area contributed by atoms with Crippen molar-refractivity contribution in [3.8, 4) is 5.75 Å². The van der Waals surface area contributed by atoms with E-state index in [9.17, 15) is 4.79 Å². The van der Waals surface area contributed by atoms with Gasteiger partial charge in [0.25, 0.3) is 5.91 Å². The predicted octanol–water partition coefficient (Wildman–Crippen LogP) is 3.95. The summed E-state index contributed by atoms with van der Waals surface area (Å²) in [6, 6.07) is 12.3. The van der Waals surface area contributed by atoms with Gasteiger partial charge >= 0.3 is 0 Å². The SMILES string of the molecule is COCCNC(=O)c1cccc(OCc2ccc(Cl)c(Cl)c2)c1. The maximum Gasteiger partial charge on any atom is 0.251 e. The largest absolute Gasteiger partial charge is 0.489 e. The molecule has 0 spiro atoms. The Morgan fingerprint density at radius 2 is 1.96 bits per heavy atom. The number of benzene rings is 2. The predicted molar refractivity (Wildman–Crippen MR) is 91.4 cm³/mol. The second-order valence-electron chi connectivity index (χ2n) is 4.81. The van der Waals surface area contributed by atoms with Gasteiger partial charge in [-0.3, -0.25) is 4.79 Å². The number of carbonyl (C=O) groups excluding carboxylic acids is 1. The number of carbonyl (C=O) groups is 1. The average molecular weight is 354 g/mol. The van der Waals surface area contributed by atoms with Gasteiger partial charge in [-0.2, -0.15) is 0 Å². The summed E-state index contributed by atoms with van der Waals surface area (Å²) >= 11 is 11.9. The topological polar surface area (TPSA) is 47.6 Å². The number of methoxy groups -OCH3 is 1. The van der Waals surface area contributed by atoms with Gasteiger partial charge in [0.15, 0.2) is 0 Å². The summed E-state index contributed by atoms with van der Waals surface area (Å²) in [5.41, 5.74) is 1.43. The first-order valence-corrected chi connectivity index (χ1v) is 7.79. The molecule has 6 heteroatoms. The van der Waals surface area contributed by atoms with Crippen LogP contribution in [0.25, 0.3) is 0 Å². The van der Waals surface area contributed by atoms with Crippen LogP contribution < -0.4 is 10.1 Å². The molecule has 0 fully saturated rings. The Morgan fingerprint density at radius 1 is 1.13 bits per heavy atom. The fourth-order valence-electron chi connectivity index (χ4n) is 1.89. The smallest absolute Gasteiger partial charge is 0.251 e. The summed E-state index contributed by atoms with van der Waals surface area (Å²) < 4.78 is 10.6. The lowest BCUT2D eigenvalue weighted by Crippen LogP contribution is -2.26. The van der Waals surface area contributed by atoms with Crippen LogP contribution in [0.1, 0.15) is 15.9 Å². The third-order valence-electron chi connectivity index (χ3n) is 3.08. The van der Waals surface area contributed by atoms with E-state index >= 15 is 0 Å². The lowest BCUT2D eigenvalue weighted by molar-refractivity contribution is 0.0936. The van der Waals surface area contributed by atoms with E-state index in [1.54, 1.807) is 43.5 Å². The van der Waals surface area contributed by atoms with Gasteiger partial charge in [-0.15, -0.1) is 0 Å². The van der Waals surface area contributed by atoms with Crippen LogP contribution in [0, 0.1) is 0 Å². The molecule has 0 bridgehead atoms. The highest BCUT2D eigenvalue weighted by molar-refractivity contribution is 6.42. The van der Waals surface area contributed by atoms with Crippen molar-refractivity contribution >= 4 is 29.1 Å². The summed E-state index contributed by atoms with van der Waals surface area (Å²) in [4.78, 5) is 12.0. The molecular weight excluding hydrogens is 337 g/mol. The van der Waals surface area contributed by atoms with E-state index in [-0.39, 0.29) is 5.91 Å². The highest BCUT2D eigenvalue weighted by Crippen LogP contribution is 2.23. The third kappa shape index (κ3) is 5.43. The molecule has 4 nitrogen and oxygen atoms in total. The van der Waals surface area contributed by atoms with Gasteiger partial charge < -0.3 is 14.8 Å². The van der Waals surface area contributed by atoms with Crippen LogP contribution in [0.5, 0.6) is 5.75 Å². The molecule has 23 heavy (non-hydrogen) atoms. The van der Waals surface area contributed by atoms with E-state index in [1.165, 1.54) is 0 Å². The van der Waals surface area contributed by atoms with E-state index in [0.29, 0.717) is 41.1 Å². The molecule has 2 rings (SSSR count). The average Bonchev–Trinajstić information content (AvgIpc) is 2.56. The monoisotopic (exact) mass is 353 g/mol. The molecule has 0 unspecified atom stereocenters. The van der Waals surface area contributed by atoms with Gasteiger partial charge in [-0.1, -0.05) is 35.3 Å². The van der Waals surface area contributed by atoms with Gasteiger partial charge in [0, 0.05) is 19.2 Å². The molecule has 0 aliphatic rings. The van der Waals surface area contributed by atoms with Crippen molar-refractivity contribution in [2.45, 2.75) is 6.61 Å². The van der Waals surface area contributed by atoms with E-state index in [0.717, 1.165) is 5.56 Å². The number of rotatable bonds is 7. The van der Waals surface area contributed by atoms with Crippen molar-refractivity contribution in [2.75, 3.05) is 20.3 Å². The molecule has 0 saturated carbocycles. The summed E-state index contributed by atoms with van der Waals surface area (Å²) in [7, 11) is 1.59. The van der Waals surface area contributed by atoms with Crippen LogP contribution in [0.3, 0.4) is 0 Å². The number of amides is 1. The molecule has 2 aromatic carbocycles. The number of nitrogens with one attached hydrogen (secondary N) is 1. The summed E-state index contributed by atoms with van der Waals surface area (Å²) in [5, 5.41) is 3.75. The number of hydrogen-bond donors (Lipinski definition) is 1. The lowest BCUT2D eigenvalue weighted by atomic mass is 10.2. The van der Waals surface area contributed by atoms with Crippen molar-refractivity contribution in [2.24, 2.45) is 0 Å². The minimum absolute atomic E-state index is 0.165. The van der Waals surface area contributed by atoms with Gasteiger partial charge in [0.1, 0.15) is 12.4 Å². The van der Waals surface area contributed by atoms with Gasteiger partial charge in [-0.05, 0) is 35.9 Å². The maximum atomic E-state index is 12.0. The zero-order valence-electron chi connectivity index (χ0n) is 12.6. The van der Waals surface area contributed by atoms with Crippen molar-refractivity contribution in [1.29, 1.82) is 0 Å². The Kier molecular flexibility index (Phi) is 6.71. The van der Waals surface area contributed by atoms with E-state index in [1.807, 2.05) is 6.07 Å². The second-order valence-corrected chi connectivity index (χ2v) is 5.63. The molecule has 0 aromatic heterocycles. The highest BCUT2D eigenvalue weighted by atomic mass is 35.5. The highest BCUT2D eigenvalue weighted by Gasteiger charge is 2.07. The van der Waals surface area contributed by atoms with Crippen molar-refractivity contribution < 1.29 is 14.3 Å².